The van der Waals surface area contributed by atoms with Gasteiger partial charge in [-0.2, -0.15) is 0 Å². The highest BCUT2D eigenvalue weighted by Gasteiger charge is 2.14. The molecule has 0 spiro atoms. The zero-order chi connectivity index (χ0) is 16.8. The van der Waals surface area contributed by atoms with Crippen LogP contribution in [0.1, 0.15) is 55.6 Å². The molecule has 0 saturated carbocycles. The molecule has 0 aliphatic carbocycles. The second kappa shape index (κ2) is 8.35. The lowest BCUT2D eigenvalue weighted by molar-refractivity contribution is 0.276. The minimum Gasteiger partial charge on any atom is -0.303 e. The molecule has 24 heavy (non-hydrogen) atoms. The molecule has 1 fully saturated rings. The Morgan fingerprint density at radius 3 is 2.46 bits per heavy atom. The molecule has 1 aromatic carbocycles. The number of tetrazole rings is 1. The van der Waals surface area contributed by atoms with E-state index < -0.39 is 0 Å². The largest absolute Gasteiger partial charge is 0.303 e. The lowest BCUT2D eigenvalue weighted by Gasteiger charge is -2.22. The minimum absolute atomic E-state index is 0.122. The van der Waals surface area contributed by atoms with E-state index in [2.05, 4.69) is 56.9 Å². The van der Waals surface area contributed by atoms with E-state index in [0.717, 1.165) is 18.9 Å². The van der Waals surface area contributed by atoms with Crippen LogP contribution in [0, 0.1) is 0 Å². The molecule has 0 unspecified atom stereocenters. The molecule has 6 nitrogen and oxygen atoms in total. The van der Waals surface area contributed by atoms with Gasteiger partial charge >= 0.3 is 0 Å². The van der Waals surface area contributed by atoms with E-state index in [0.29, 0.717) is 0 Å². The number of benzene rings is 1. The summed E-state index contributed by atoms with van der Waals surface area (Å²) in [7, 11) is 1.88. The number of nitrogens with zero attached hydrogens (tertiary/aromatic N) is 5. The standard InChI is InChI=1S/C18H28N6/c1-15(18-20-21-22-23(18)2)19-13-16-9-5-6-10-17(16)14-24-11-7-3-4-8-12-24/h5-6,9-10,15,19H,3-4,7-8,11-14H2,1-2H3/t15-/m1/s1. The molecule has 3 rings (SSSR count). The van der Waals surface area contributed by atoms with Gasteiger partial charge in [0, 0.05) is 20.1 Å². The van der Waals surface area contributed by atoms with Crippen LogP contribution in [0.25, 0.3) is 0 Å². The molecule has 2 aromatic rings. The van der Waals surface area contributed by atoms with Crippen LogP contribution in [0.4, 0.5) is 0 Å². The Kier molecular flexibility index (Phi) is 5.93. The summed E-state index contributed by atoms with van der Waals surface area (Å²) >= 11 is 0. The summed E-state index contributed by atoms with van der Waals surface area (Å²) < 4.78 is 1.72. The van der Waals surface area contributed by atoms with Gasteiger partial charge in [0.2, 0.25) is 0 Å². The van der Waals surface area contributed by atoms with Gasteiger partial charge in [-0.1, -0.05) is 37.1 Å². The molecule has 130 valence electrons. The molecule has 2 heterocycles. The van der Waals surface area contributed by atoms with E-state index in [4.69, 9.17) is 0 Å². The predicted molar refractivity (Wildman–Crippen MR) is 94.2 cm³/mol. The van der Waals surface area contributed by atoms with E-state index in [-0.39, 0.29) is 6.04 Å². The number of rotatable bonds is 6. The van der Waals surface area contributed by atoms with Crippen LogP contribution >= 0.6 is 0 Å². The number of hydrogen-bond acceptors (Lipinski definition) is 5. The van der Waals surface area contributed by atoms with E-state index in [1.54, 1.807) is 4.68 Å². The summed E-state index contributed by atoms with van der Waals surface area (Å²) in [5.41, 5.74) is 2.79. The van der Waals surface area contributed by atoms with Crippen LogP contribution in [0.2, 0.25) is 0 Å². The van der Waals surface area contributed by atoms with Gasteiger partial charge in [-0.25, -0.2) is 4.68 Å². The normalized spacial score (nSPS) is 17.6. The van der Waals surface area contributed by atoms with Crippen molar-refractivity contribution < 1.29 is 0 Å². The molecule has 0 bridgehead atoms. The highest BCUT2D eigenvalue weighted by atomic mass is 15.5. The van der Waals surface area contributed by atoms with Crippen molar-refractivity contribution in [2.24, 2.45) is 7.05 Å². The number of hydrogen-bond donors (Lipinski definition) is 1. The zero-order valence-corrected chi connectivity index (χ0v) is 14.8. The Hall–Kier alpha value is -1.79. The van der Waals surface area contributed by atoms with Crippen molar-refractivity contribution in [1.29, 1.82) is 0 Å². The number of likely N-dealkylation sites (tertiary alicyclic amines) is 1. The molecule has 1 N–H and O–H groups in total. The summed E-state index contributed by atoms with van der Waals surface area (Å²) in [6.45, 7) is 6.43. The lowest BCUT2D eigenvalue weighted by atomic mass is 10.1. The SMILES string of the molecule is C[C@@H](NCc1ccccc1CN1CCCCCC1)c1nnnn1C. The van der Waals surface area contributed by atoms with E-state index >= 15 is 0 Å². The topological polar surface area (TPSA) is 58.9 Å². The van der Waals surface area contributed by atoms with Gasteiger partial charge in [-0.05, 0) is 54.4 Å². The van der Waals surface area contributed by atoms with Crippen LogP contribution in [-0.2, 0) is 20.1 Å². The Morgan fingerprint density at radius 2 is 1.79 bits per heavy atom. The van der Waals surface area contributed by atoms with Crippen molar-refractivity contribution in [3.8, 4) is 0 Å². The van der Waals surface area contributed by atoms with Crippen molar-refractivity contribution in [2.45, 2.75) is 51.7 Å². The van der Waals surface area contributed by atoms with E-state index in [9.17, 15) is 0 Å². The van der Waals surface area contributed by atoms with Gasteiger partial charge in [-0.3, -0.25) is 4.90 Å². The third kappa shape index (κ3) is 4.39. The van der Waals surface area contributed by atoms with Crippen LogP contribution in [0.3, 0.4) is 0 Å². The third-order valence-corrected chi connectivity index (χ3v) is 4.85. The molecule has 1 aliphatic heterocycles. The molecule has 1 aromatic heterocycles. The van der Waals surface area contributed by atoms with Crippen LogP contribution in [0.15, 0.2) is 24.3 Å². The summed E-state index contributed by atoms with van der Waals surface area (Å²) in [4.78, 5) is 2.60. The number of aryl methyl sites for hydroxylation is 1. The van der Waals surface area contributed by atoms with Gasteiger partial charge < -0.3 is 5.32 Å². The zero-order valence-electron chi connectivity index (χ0n) is 14.8. The first-order chi connectivity index (χ1) is 11.7. The first-order valence-electron chi connectivity index (χ1n) is 8.99. The van der Waals surface area contributed by atoms with Gasteiger partial charge in [-0.15, -0.1) is 5.10 Å². The molecule has 0 amide bonds. The fourth-order valence-corrected chi connectivity index (χ4v) is 3.38. The van der Waals surface area contributed by atoms with Crippen molar-refractivity contribution in [1.82, 2.24) is 30.4 Å². The highest BCUT2D eigenvalue weighted by molar-refractivity contribution is 5.27. The smallest absolute Gasteiger partial charge is 0.167 e. The Morgan fingerprint density at radius 1 is 1.08 bits per heavy atom. The van der Waals surface area contributed by atoms with Gasteiger partial charge in [0.05, 0.1) is 6.04 Å². The van der Waals surface area contributed by atoms with Gasteiger partial charge in [0.1, 0.15) is 0 Å². The second-order valence-corrected chi connectivity index (χ2v) is 6.72. The predicted octanol–water partition coefficient (Wildman–Crippen LogP) is 2.44. The Bertz CT molecular complexity index is 630. The lowest BCUT2D eigenvalue weighted by Crippen LogP contribution is -2.26. The maximum Gasteiger partial charge on any atom is 0.167 e. The molecular formula is C18H28N6. The Labute approximate surface area is 144 Å². The van der Waals surface area contributed by atoms with Gasteiger partial charge in [0.15, 0.2) is 5.82 Å². The summed E-state index contributed by atoms with van der Waals surface area (Å²) in [6.07, 6.45) is 5.42. The Balaban J connectivity index is 1.62. The molecular weight excluding hydrogens is 300 g/mol. The maximum atomic E-state index is 4.09. The molecule has 1 saturated heterocycles. The fourth-order valence-electron chi connectivity index (χ4n) is 3.38. The number of nitrogens with one attached hydrogen (secondary N) is 1. The van der Waals surface area contributed by atoms with E-state index in [1.807, 2.05) is 7.05 Å². The van der Waals surface area contributed by atoms with Crippen molar-refractivity contribution in [3.63, 3.8) is 0 Å². The summed E-state index contributed by atoms with van der Waals surface area (Å²) in [5.74, 6) is 0.861. The second-order valence-electron chi connectivity index (χ2n) is 6.72. The molecule has 1 atom stereocenters. The summed E-state index contributed by atoms with van der Waals surface area (Å²) in [6, 6.07) is 8.87. The maximum absolute atomic E-state index is 4.09. The quantitative estimate of drug-likeness (QED) is 0.882. The van der Waals surface area contributed by atoms with E-state index in [1.165, 1.54) is 49.9 Å². The van der Waals surface area contributed by atoms with Crippen LogP contribution in [0.5, 0.6) is 0 Å². The first kappa shape index (κ1) is 17.0. The van der Waals surface area contributed by atoms with Crippen LogP contribution < -0.4 is 5.32 Å². The molecule has 0 radical (unpaired) electrons. The minimum atomic E-state index is 0.122. The monoisotopic (exact) mass is 328 g/mol. The average Bonchev–Trinajstić information content (AvgIpc) is 2.86. The highest BCUT2D eigenvalue weighted by Crippen LogP contribution is 2.17. The van der Waals surface area contributed by atoms with Gasteiger partial charge in [0.25, 0.3) is 0 Å². The fraction of sp³-hybridized carbons (Fsp3) is 0.611. The third-order valence-electron chi connectivity index (χ3n) is 4.85. The van der Waals surface area contributed by atoms with Crippen LogP contribution in [-0.4, -0.2) is 38.2 Å². The average molecular weight is 328 g/mol. The molecule has 1 aliphatic rings. The van der Waals surface area contributed by atoms with Crippen molar-refractivity contribution in [3.05, 3.63) is 41.2 Å². The number of aromatic nitrogens is 4. The van der Waals surface area contributed by atoms with Crippen molar-refractivity contribution in [2.75, 3.05) is 13.1 Å². The van der Waals surface area contributed by atoms with Crippen molar-refractivity contribution >= 4 is 0 Å². The summed E-state index contributed by atoms with van der Waals surface area (Å²) in [5, 5.41) is 15.3. The first-order valence-corrected chi connectivity index (χ1v) is 8.99. The molecule has 6 heteroatoms.